The van der Waals surface area contributed by atoms with Crippen LogP contribution in [0.1, 0.15) is 25.1 Å². The summed E-state index contributed by atoms with van der Waals surface area (Å²) in [4.78, 5) is 4.19. The smallest absolute Gasteiger partial charge is 0.120 e. The number of nitriles is 1. The van der Waals surface area contributed by atoms with E-state index in [9.17, 15) is 5.26 Å². The molecule has 0 aliphatic heterocycles. The maximum atomic E-state index is 9.27. The molecule has 0 saturated carbocycles. The van der Waals surface area contributed by atoms with Crippen LogP contribution in [0.2, 0.25) is 0 Å². The Morgan fingerprint density at radius 3 is 2.75 bits per heavy atom. The van der Waals surface area contributed by atoms with Crippen molar-refractivity contribution in [2.45, 2.75) is 20.0 Å². The standard InChI is InChI=1S/C17H16N2O/c1-13(2)20-16-7-5-6-14(11-16)10-15(12-18)17-8-3-4-9-19-17/h3-11,13H,1-2H3/b15-10-. The molecule has 0 saturated heterocycles. The lowest BCUT2D eigenvalue weighted by molar-refractivity contribution is 0.242. The van der Waals surface area contributed by atoms with E-state index in [0.29, 0.717) is 11.3 Å². The third-order valence-corrected chi connectivity index (χ3v) is 2.60. The lowest BCUT2D eigenvalue weighted by Crippen LogP contribution is -2.05. The molecule has 0 unspecified atom stereocenters. The van der Waals surface area contributed by atoms with Crippen LogP contribution in [0.3, 0.4) is 0 Å². The highest BCUT2D eigenvalue weighted by Crippen LogP contribution is 2.20. The number of aromatic nitrogens is 1. The molecule has 20 heavy (non-hydrogen) atoms. The monoisotopic (exact) mass is 264 g/mol. The van der Waals surface area contributed by atoms with Gasteiger partial charge in [-0.15, -0.1) is 0 Å². The zero-order chi connectivity index (χ0) is 14.4. The van der Waals surface area contributed by atoms with Gasteiger partial charge < -0.3 is 4.74 Å². The molecule has 3 heteroatoms. The van der Waals surface area contributed by atoms with E-state index in [1.54, 1.807) is 6.20 Å². The van der Waals surface area contributed by atoms with Crippen LogP contribution in [-0.2, 0) is 0 Å². The summed E-state index contributed by atoms with van der Waals surface area (Å²) in [5.74, 6) is 0.798. The van der Waals surface area contributed by atoms with Gasteiger partial charge in [-0.25, -0.2) is 0 Å². The molecule has 3 nitrogen and oxygen atoms in total. The summed E-state index contributed by atoms with van der Waals surface area (Å²) in [7, 11) is 0. The van der Waals surface area contributed by atoms with E-state index in [0.717, 1.165) is 11.3 Å². The molecule has 0 spiro atoms. The van der Waals surface area contributed by atoms with Crippen molar-refractivity contribution >= 4 is 11.6 Å². The Morgan fingerprint density at radius 1 is 1.25 bits per heavy atom. The summed E-state index contributed by atoms with van der Waals surface area (Å²) in [5.41, 5.74) is 2.13. The van der Waals surface area contributed by atoms with Crippen molar-refractivity contribution in [3.63, 3.8) is 0 Å². The summed E-state index contributed by atoms with van der Waals surface area (Å²) in [5, 5.41) is 9.27. The highest BCUT2D eigenvalue weighted by atomic mass is 16.5. The Bertz CT molecular complexity index is 640. The first-order valence-electron chi connectivity index (χ1n) is 6.49. The van der Waals surface area contributed by atoms with Gasteiger partial charge in [0.15, 0.2) is 0 Å². The van der Waals surface area contributed by atoms with Gasteiger partial charge >= 0.3 is 0 Å². The average Bonchev–Trinajstić information content (AvgIpc) is 2.45. The largest absolute Gasteiger partial charge is 0.491 e. The molecule has 1 heterocycles. The van der Waals surface area contributed by atoms with Gasteiger partial charge in [0.25, 0.3) is 0 Å². The number of hydrogen-bond acceptors (Lipinski definition) is 3. The Hall–Kier alpha value is -2.60. The van der Waals surface area contributed by atoms with Gasteiger partial charge in [0.05, 0.1) is 17.4 Å². The first kappa shape index (κ1) is 13.8. The predicted molar refractivity (Wildman–Crippen MR) is 79.9 cm³/mol. The number of rotatable bonds is 4. The van der Waals surface area contributed by atoms with Crippen molar-refractivity contribution in [2.24, 2.45) is 0 Å². The Labute approximate surface area is 119 Å². The van der Waals surface area contributed by atoms with E-state index in [1.165, 1.54) is 0 Å². The first-order valence-corrected chi connectivity index (χ1v) is 6.49. The molecule has 1 aromatic heterocycles. The number of allylic oxidation sites excluding steroid dienone is 1. The molecule has 0 radical (unpaired) electrons. The fourth-order valence-electron chi connectivity index (χ4n) is 1.80. The zero-order valence-electron chi connectivity index (χ0n) is 11.6. The second kappa shape index (κ2) is 6.53. The number of hydrogen-bond donors (Lipinski definition) is 0. The summed E-state index contributed by atoms with van der Waals surface area (Å²) in [6.45, 7) is 3.97. The van der Waals surface area contributed by atoms with E-state index < -0.39 is 0 Å². The molecular weight excluding hydrogens is 248 g/mol. The van der Waals surface area contributed by atoms with Gasteiger partial charge in [-0.3, -0.25) is 4.98 Å². The normalized spacial score (nSPS) is 11.2. The summed E-state index contributed by atoms with van der Waals surface area (Å²) >= 11 is 0. The van der Waals surface area contributed by atoms with Crippen LogP contribution >= 0.6 is 0 Å². The number of nitrogens with zero attached hydrogens (tertiary/aromatic N) is 2. The fraction of sp³-hybridized carbons (Fsp3) is 0.176. The highest BCUT2D eigenvalue weighted by Gasteiger charge is 2.03. The SMILES string of the molecule is CC(C)Oc1cccc(/C=C(/C#N)c2ccccn2)c1. The van der Waals surface area contributed by atoms with E-state index in [2.05, 4.69) is 11.1 Å². The Kier molecular flexibility index (Phi) is 4.52. The lowest BCUT2D eigenvalue weighted by atomic mass is 10.1. The van der Waals surface area contributed by atoms with Gasteiger partial charge in [-0.2, -0.15) is 5.26 Å². The van der Waals surface area contributed by atoms with Gasteiger partial charge in [-0.1, -0.05) is 18.2 Å². The molecule has 2 aromatic rings. The maximum Gasteiger partial charge on any atom is 0.120 e. The quantitative estimate of drug-likeness (QED) is 0.786. The predicted octanol–water partition coefficient (Wildman–Crippen LogP) is 3.93. The molecule has 0 aliphatic rings. The summed E-state index contributed by atoms with van der Waals surface area (Å²) in [6, 6.07) is 15.4. The Morgan fingerprint density at radius 2 is 2.10 bits per heavy atom. The van der Waals surface area contributed by atoms with E-state index in [4.69, 9.17) is 4.74 Å². The third kappa shape index (κ3) is 3.69. The fourth-order valence-corrected chi connectivity index (χ4v) is 1.80. The zero-order valence-corrected chi connectivity index (χ0v) is 11.6. The van der Waals surface area contributed by atoms with Gasteiger partial charge in [0.1, 0.15) is 11.8 Å². The second-order valence-electron chi connectivity index (χ2n) is 4.62. The molecule has 0 N–H and O–H groups in total. The molecular formula is C17H16N2O. The van der Waals surface area contributed by atoms with E-state index in [1.807, 2.05) is 62.4 Å². The van der Waals surface area contributed by atoms with Gasteiger partial charge in [0, 0.05) is 6.20 Å². The Balaban J connectivity index is 2.31. The molecule has 0 atom stereocenters. The van der Waals surface area contributed by atoms with Crippen LogP contribution < -0.4 is 4.74 Å². The first-order chi connectivity index (χ1) is 9.69. The van der Waals surface area contributed by atoms with Crippen LogP contribution in [0.15, 0.2) is 48.7 Å². The molecule has 2 rings (SSSR count). The third-order valence-electron chi connectivity index (χ3n) is 2.60. The van der Waals surface area contributed by atoms with Crippen LogP contribution in [0.25, 0.3) is 11.6 Å². The minimum absolute atomic E-state index is 0.125. The van der Waals surface area contributed by atoms with Crippen molar-refractivity contribution in [1.29, 1.82) is 5.26 Å². The van der Waals surface area contributed by atoms with Crippen molar-refractivity contribution in [2.75, 3.05) is 0 Å². The van der Waals surface area contributed by atoms with Crippen LogP contribution in [0.5, 0.6) is 5.75 Å². The maximum absolute atomic E-state index is 9.27. The number of benzene rings is 1. The van der Waals surface area contributed by atoms with Crippen LogP contribution in [0, 0.1) is 11.3 Å². The number of pyridine rings is 1. The second-order valence-corrected chi connectivity index (χ2v) is 4.62. The van der Waals surface area contributed by atoms with Gasteiger partial charge in [0.2, 0.25) is 0 Å². The topological polar surface area (TPSA) is 45.9 Å². The van der Waals surface area contributed by atoms with Crippen molar-refractivity contribution < 1.29 is 4.74 Å². The molecule has 0 fully saturated rings. The van der Waals surface area contributed by atoms with Gasteiger partial charge in [-0.05, 0) is 49.8 Å². The molecule has 0 bridgehead atoms. The lowest BCUT2D eigenvalue weighted by Gasteiger charge is -2.09. The van der Waals surface area contributed by atoms with Crippen molar-refractivity contribution in [3.05, 3.63) is 59.9 Å². The van der Waals surface area contributed by atoms with Crippen molar-refractivity contribution in [1.82, 2.24) is 4.98 Å². The summed E-state index contributed by atoms with van der Waals surface area (Å²) < 4.78 is 5.65. The minimum Gasteiger partial charge on any atom is -0.491 e. The highest BCUT2D eigenvalue weighted by molar-refractivity contribution is 5.88. The summed E-state index contributed by atoms with van der Waals surface area (Å²) in [6.07, 6.45) is 3.62. The average molecular weight is 264 g/mol. The van der Waals surface area contributed by atoms with Crippen LogP contribution in [-0.4, -0.2) is 11.1 Å². The molecule has 0 amide bonds. The minimum atomic E-state index is 0.125. The van der Waals surface area contributed by atoms with E-state index >= 15 is 0 Å². The van der Waals surface area contributed by atoms with Crippen molar-refractivity contribution in [3.8, 4) is 11.8 Å². The van der Waals surface area contributed by atoms with Crippen LogP contribution in [0.4, 0.5) is 0 Å². The molecule has 100 valence electrons. The molecule has 0 aliphatic carbocycles. The molecule has 1 aromatic carbocycles. The number of ether oxygens (including phenoxy) is 1. The van der Waals surface area contributed by atoms with E-state index in [-0.39, 0.29) is 6.10 Å².